The molecule has 1 aliphatic heterocycles. The summed E-state index contributed by atoms with van der Waals surface area (Å²) in [6.07, 6.45) is 1.59. The molecule has 24 heavy (non-hydrogen) atoms. The third-order valence-corrected chi connectivity index (χ3v) is 5.35. The Labute approximate surface area is 141 Å². The number of ether oxygens (including phenoxy) is 1. The van der Waals surface area contributed by atoms with Gasteiger partial charge >= 0.3 is 0 Å². The van der Waals surface area contributed by atoms with E-state index in [0.717, 1.165) is 24.0 Å². The van der Waals surface area contributed by atoms with Gasteiger partial charge in [0.2, 0.25) is 5.91 Å². The highest BCUT2D eigenvalue weighted by Crippen LogP contribution is 2.21. The first kappa shape index (κ1) is 16.7. The molecule has 1 amide bonds. The van der Waals surface area contributed by atoms with E-state index in [9.17, 15) is 13.2 Å². The van der Waals surface area contributed by atoms with Gasteiger partial charge in [0.15, 0.2) is 0 Å². The average Bonchev–Trinajstić information content (AvgIpc) is 3.08. The highest BCUT2D eigenvalue weighted by molar-refractivity contribution is 7.90. The molecular formula is C18H19NO4S. The molecule has 1 aliphatic rings. The number of sulfonamides is 1. The SMILES string of the molecule is O=C(C[C@@H]1CCCO1)NS(=O)(=O)c1ccc(-c2ccccc2)cc1. The maximum atomic E-state index is 12.3. The molecule has 6 heteroatoms. The maximum Gasteiger partial charge on any atom is 0.264 e. The molecule has 0 bridgehead atoms. The number of benzene rings is 2. The van der Waals surface area contributed by atoms with Crippen molar-refractivity contribution in [3.63, 3.8) is 0 Å². The van der Waals surface area contributed by atoms with Crippen molar-refractivity contribution < 1.29 is 17.9 Å². The second kappa shape index (κ2) is 7.15. The molecule has 1 saturated heterocycles. The van der Waals surface area contributed by atoms with E-state index in [0.29, 0.717) is 6.61 Å². The Morgan fingerprint density at radius 2 is 1.71 bits per heavy atom. The van der Waals surface area contributed by atoms with Gasteiger partial charge in [-0.2, -0.15) is 0 Å². The summed E-state index contributed by atoms with van der Waals surface area (Å²) in [5, 5.41) is 0. The van der Waals surface area contributed by atoms with Gasteiger partial charge < -0.3 is 4.74 Å². The van der Waals surface area contributed by atoms with Crippen molar-refractivity contribution >= 4 is 15.9 Å². The van der Waals surface area contributed by atoms with Crippen LogP contribution >= 0.6 is 0 Å². The quantitative estimate of drug-likeness (QED) is 0.904. The summed E-state index contributed by atoms with van der Waals surface area (Å²) < 4.78 is 32.0. The van der Waals surface area contributed by atoms with Crippen LogP contribution in [0.15, 0.2) is 59.5 Å². The van der Waals surface area contributed by atoms with E-state index in [1.165, 1.54) is 12.1 Å². The highest BCUT2D eigenvalue weighted by atomic mass is 32.2. The van der Waals surface area contributed by atoms with Crippen LogP contribution < -0.4 is 4.72 Å². The van der Waals surface area contributed by atoms with Crippen molar-refractivity contribution in [3.8, 4) is 11.1 Å². The fourth-order valence-electron chi connectivity index (χ4n) is 2.72. The zero-order chi connectivity index (χ0) is 17.0. The van der Waals surface area contributed by atoms with Crippen molar-refractivity contribution in [2.24, 2.45) is 0 Å². The minimum absolute atomic E-state index is 0.0708. The molecule has 1 N–H and O–H groups in total. The first-order chi connectivity index (χ1) is 11.5. The van der Waals surface area contributed by atoms with Crippen molar-refractivity contribution in [1.29, 1.82) is 0 Å². The zero-order valence-electron chi connectivity index (χ0n) is 13.1. The van der Waals surface area contributed by atoms with Crippen LogP contribution in [0.5, 0.6) is 0 Å². The van der Waals surface area contributed by atoms with Crippen molar-refractivity contribution in [2.45, 2.75) is 30.3 Å². The number of carbonyl (C=O) groups is 1. The van der Waals surface area contributed by atoms with Crippen LogP contribution in [0.25, 0.3) is 11.1 Å². The predicted molar refractivity (Wildman–Crippen MR) is 90.8 cm³/mol. The molecule has 1 heterocycles. The molecule has 2 aromatic rings. The summed E-state index contributed by atoms with van der Waals surface area (Å²) in [7, 11) is -3.86. The van der Waals surface area contributed by atoms with Gasteiger partial charge in [-0.25, -0.2) is 13.1 Å². The van der Waals surface area contributed by atoms with E-state index in [4.69, 9.17) is 4.74 Å². The van der Waals surface area contributed by atoms with Crippen LogP contribution in [0.4, 0.5) is 0 Å². The summed E-state index contributed by atoms with van der Waals surface area (Å²) in [6.45, 7) is 0.631. The van der Waals surface area contributed by atoms with Gasteiger partial charge in [0.05, 0.1) is 17.4 Å². The molecule has 1 fully saturated rings. The molecule has 0 unspecified atom stereocenters. The van der Waals surface area contributed by atoms with Gasteiger partial charge in [0.1, 0.15) is 0 Å². The largest absolute Gasteiger partial charge is 0.378 e. The second-order valence-electron chi connectivity index (χ2n) is 5.76. The lowest BCUT2D eigenvalue weighted by molar-refractivity contribution is -0.121. The zero-order valence-corrected chi connectivity index (χ0v) is 14.0. The van der Waals surface area contributed by atoms with Crippen LogP contribution in [-0.4, -0.2) is 27.0 Å². The number of hydrogen-bond donors (Lipinski definition) is 1. The molecule has 1 atom stereocenters. The summed E-state index contributed by atoms with van der Waals surface area (Å²) in [6, 6.07) is 16.1. The van der Waals surface area contributed by atoms with Gasteiger partial charge in [-0.3, -0.25) is 4.79 Å². The third kappa shape index (κ3) is 4.01. The van der Waals surface area contributed by atoms with Crippen LogP contribution in [0.1, 0.15) is 19.3 Å². The van der Waals surface area contributed by atoms with Crippen molar-refractivity contribution in [1.82, 2.24) is 4.72 Å². The minimum Gasteiger partial charge on any atom is -0.378 e. The van der Waals surface area contributed by atoms with Crippen LogP contribution in [0.2, 0.25) is 0 Å². The molecule has 0 spiro atoms. The number of amides is 1. The van der Waals surface area contributed by atoms with Gasteiger partial charge in [0.25, 0.3) is 10.0 Å². The fraction of sp³-hybridized carbons (Fsp3) is 0.278. The molecule has 3 rings (SSSR count). The normalized spacial score (nSPS) is 17.6. The van der Waals surface area contributed by atoms with E-state index >= 15 is 0 Å². The Hall–Kier alpha value is -2.18. The Bertz CT molecular complexity index is 795. The first-order valence-electron chi connectivity index (χ1n) is 7.87. The van der Waals surface area contributed by atoms with Crippen LogP contribution in [0, 0.1) is 0 Å². The monoisotopic (exact) mass is 345 g/mol. The van der Waals surface area contributed by atoms with Crippen molar-refractivity contribution in [3.05, 3.63) is 54.6 Å². The van der Waals surface area contributed by atoms with Crippen LogP contribution in [0.3, 0.4) is 0 Å². The molecule has 126 valence electrons. The summed E-state index contributed by atoms with van der Waals surface area (Å²) in [5.74, 6) is -0.533. The fourth-order valence-corrected chi connectivity index (χ4v) is 3.72. The van der Waals surface area contributed by atoms with E-state index in [1.54, 1.807) is 12.1 Å². The number of carbonyl (C=O) groups excluding carboxylic acids is 1. The second-order valence-corrected chi connectivity index (χ2v) is 7.44. The summed E-state index contributed by atoms with van der Waals surface area (Å²) >= 11 is 0. The summed E-state index contributed by atoms with van der Waals surface area (Å²) in [4.78, 5) is 12.0. The molecule has 0 aromatic heterocycles. The lowest BCUT2D eigenvalue weighted by atomic mass is 10.1. The van der Waals surface area contributed by atoms with E-state index in [1.807, 2.05) is 30.3 Å². The lowest BCUT2D eigenvalue weighted by Crippen LogP contribution is -2.32. The van der Waals surface area contributed by atoms with E-state index in [2.05, 4.69) is 4.72 Å². The molecular weight excluding hydrogens is 326 g/mol. The predicted octanol–water partition coefficient (Wildman–Crippen LogP) is 2.73. The van der Waals surface area contributed by atoms with Crippen LogP contribution in [-0.2, 0) is 19.6 Å². The maximum absolute atomic E-state index is 12.3. The highest BCUT2D eigenvalue weighted by Gasteiger charge is 2.23. The Morgan fingerprint density at radius 3 is 2.33 bits per heavy atom. The summed E-state index contributed by atoms with van der Waals surface area (Å²) in [5.41, 5.74) is 1.92. The van der Waals surface area contributed by atoms with E-state index in [-0.39, 0.29) is 17.4 Å². The minimum atomic E-state index is -3.86. The molecule has 2 aromatic carbocycles. The number of nitrogens with one attached hydrogen (secondary N) is 1. The number of hydrogen-bond acceptors (Lipinski definition) is 4. The Kier molecular flexibility index (Phi) is 4.97. The first-order valence-corrected chi connectivity index (χ1v) is 9.36. The molecule has 0 aliphatic carbocycles. The van der Waals surface area contributed by atoms with Gasteiger partial charge in [-0.15, -0.1) is 0 Å². The Morgan fingerprint density at radius 1 is 1.04 bits per heavy atom. The number of rotatable bonds is 5. The van der Waals surface area contributed by atoms with Gasteiger partial charge in [-0.05, 0) is 36.1 Å². The average molecular weight is 345 g/mol. The van der Waals surface area contributed by atoms with Gasteiger partial charge in [0, 0.05) is 6.61 Å². The van der Waals surface area contributed by atoms with Crippen molar-refractivity contribution in [2.75, 3.05) is 6.61 Å². The molecule has 5 nitrogen and oxygen atoms in total. The Balaban J connectivity index is 1.69. The molecule has 0 radical (unpaired) electrons. The van der Waals surface area contributed by atoms with Gasteiger partial charge in [-0.1, -0.05) is 42.5 Å². The topological polar surface area (TPSA) is 72.5 Å². The molecule has 0 saturated carbocycles. The lowest BCUT2D eigenvalue weighted by Gasteiger charge is -2.11. The van der Waals surface area contributed by atoms with E-state index < -0.39 is 15.9 Å². The third-order valence-electron chi connectivity index (χ3n) is 3.96. The standard InChI is InChI=1S/C18H19NO4S/c20-18(13-16-7-4-12-23-16)19-24(21,22)17-10-8-15(9-11-17)14-5-2-1-3-6-14/h1-3,5-6,8-11,16H,4,7,12-13H2,(H,19,20)/t16-/m0/s1. The smallest absolute Gasteiger partial charge is 0.264 e.